The summed E-state index contributed by atoms with van der Waals surface area (Å²) < 4.78 is 29.6. The lowest BCUT2D eigenvalue weighted by Gasteiger charge is -2.10. The smallest absolute Gasteiger partial charge is 0.424 e. The average molecular weight is 349 g/mol. The van der Waals surface area contributed by atoms with Crippen molar-refractivity contribution in [3.8, 4) is 5.75 Å². The van der Waals surface area contributed by atoms with Crippen molar-refractivity contribution in [2.24, 2.45) is 0 Å². The lowest BCUT2D eigenvalue weighted by Crippen LogP contribution is -2.14. The maximum absolute atomic E-state index is 12.2. The van der Waals surface area contributed by atoms with E-state index < -0.39 is 5.02 Å². The third kappa shape index (κ3) is 3.66. The van der Waals surface area contributed by atoms with Gasteiger partial charge < -0.3 is 4.74 Å². The SMILES string of the molecule is FC(F)(Br)Oc1cccc(I)c1. The molecule has 0 unspecified atom stereocenters. The zero-order valence-electron chi connectivity index (χ0n) is 5.73. The molecule has 0 saturated heterocycles. The first-order chi connectivity index (χ1) is 5.47. The summed E-state index contributed by atoms with van der Waals surface area (Å²) in [5.41, 5.74) is 0. The molecule has 0 bridgehead atoms. The van der Waals surface area contributed by atoms with Crippen molar-refractivity contribution in [3.05, 3.63) is 27.8 Å². The fraction of sp³-hybridized carbons (Fsp3) is 0.143. The summed E-state index contributed by atoms with van der Waals surface area (Å²) in [4.78, 5) is 0. The highest BCUT2D eigenvalue weighted by atomic mass is 127. The predicted octanol–water partition coefficient (Wildman–Crippen LogP) is 3.62. The lowest BCUT2D eigenvalue weighted by molar-refractivity contribution is -0.0803. The summed E-state index contributed by atoms with van der Waals surface area (Å²) in [5, 5.41) is -3.29. The van der Waals surface area contributed by atoms with Crippen LogP contribution in [0.4, 0.5) is 8.78 Å². The Morgan fingerprint density at radius 2 is 2.08 bits per heavy atom. The van der Waals surface area contributed by atoms with Gasteiger partial charge in [-0.1, -0.05) is 6.07 Å². The van der Waals surface area contributed by atoms with E-state index >= 15 is 0 Å². The number of hydrogen-bond acceptors (Lipinski definition) is 1. The fourth-order valence-corrected chi connectivity index (χ4v) is 1.37. The van der Waals surface area contributed by atoms with Gasteiger partial charge in [-0.25, -0.2) is 0 Å². The van der Waals surface area contributed by atoms with Gasteiger partial charge in [0.25, 0.3) is 0 Å². The third-order valence-corrected chi connectivity index (χ3v) is 1.86. The van der Waals surface area contributed by atoms with Crippen molar-refractivity contribution in [2.75, 3.05) is 0 Å². The van der Waals surface area contributed by atoms with Gasteiger partial charge >= 0.3 is 5.02 Å². The monoisotopic (exact) mass is 348 g/mol. The highest BCUT2D eigenvalue weighted by molar-refractivity contribution is 14.1. The van der Waals surface area contributed by atoms with Gasteiger partial charge in [0.1, 0.15) is 5.75 Å². The molecule has 1 aromatic rings. The largest absolute Gasteiger partial charge is 0.459 e. The molecule has 12 heavy (non-hydrogen) atoms. The van der Waals surface area contributed by atoms with Gasteiger partial charge in [-0.3, -0.25) is 0 Å². The topological polar surface area (TPSA) is 9.23 Å². The second-order valence-corrected chi connectivity index (χ2v) is 4.17. The number of alkyl halides is 3. The maximum atomic E-state index is 12.2. The first kappa shape index (κ1) is 10.2. The number of hydrogen-bond donors (Lipinski definition) is 0. The molecule has 0 aliphatic heterocycles. The van der Waals surface area contributed by atoms with Crippen molar-refractivity contribution < 1.29 is 13.5 Å². The van der Waals surface area contributed by atoms with Crippen molar-refractivity contribution in [1.29, 1.82) is 0 Å². The molecule has 66 valence electrons. The summed E-state index contributed by atoms with van der Waals surface area (Å²) >= 11 is 4.10. The summed E-state index contributed by atoms with van der Waals surface area (Å²) in [6, 6.07) is 6.43. The summed E-state index contributed by atoms with van der Waals surface area (Å²) in [7, 11) is 0. The molecule has 0 spiro atoms. The van der Waals surface area contributed by atoms with Crippen LogP contribution >= 0.6 is 38.5 Å². The predicted molar refractivity (Wildman–Crippen MR) is 53.7 cm³/mol. The quantitative estimate of drug-likeness (QED) is 0.586. The van der Waals surface area contributed by atoms with Crippen LogP contribution in [0.15, 0.2) is 24.3 Å². The molecule has 1 nitrogen and oxygen atoms in total. The average Bonchev–Trinajstić information content (AvgIpc) is 1.82. The van der Waals surface area contributed by atoms with E-state index in [0.717, 1.165) is 3.57 Å². The van der Waals surface area contributed by atoms with E-state index in [4.69, 9.17) is 0 Å². The number of rotatable bonds is 2. The molecule has 1 aromatic carbocycles. The first-order valence-corrected chi connectivity index (χ1v) is 4.86. The molecule has 0 atom stereocenters. The Morgan fingerprint density at radius 1 is 1.42 bits per heavy atom. The molecule has 0 fully saturated rings. The summed E-state index contributed by atoms with van der Waals surface area (Å²) in [6.07, 6.45) is 0. The van der Waals surface area contributed by atoms with E-state index in [9.17, 15) is 8.78 Å². The Morgan fingerprint density at radius 3 is 2.58 bits per heavy atom. The van der Waals surface area contributed by atoms with Crippen LogP contribution in [0, 0.1) is 3.57 Å². The Balaban J connectivity index is 2.77. The Kier molecular flexibility index (Phi) is 3.28. The van der Waals surface area contributed by atoms with Crippen LogP contribution in [0.5, 0.6) is 5.75 Å². The molecule has 0 N–H and O–H groups in total. The van der Waals surface area contributed by atoms with Crippen molar-refractivity contribution >= 4 is 38.5 Å². The van der Waals surface area contributed by atoms with E-state index in [0.29, 0.717) is 0 Å². The number of ether oxygens (including phenoxy) is 1. The van der Waals surface area contributed by atoms with Gasteiger partial charge in [0, 0.05) is 19.5 Å². The van der Waals surface area contributed by atoms with Gasteiger partial charge in [-0.2, -0.15) is 8.78 Å². The van der Waals surface area contributed by atoms with E-state index in [-0.39, 0.29) is 5.75 Å². The highest BCUT2D eigenvalue weighted by Crippen LogP contribution is 2.27. The van der Waals surface area contributed by atoms with Crippen LogP contribution in [0.1, 0.15) is 0 Å². The van der Waals surface area contributed by atoms with Crippen molar-refractivity contribution in [3.63, 3.8) is 0 Å². The molecule has 0 aliphatic carbocycles. The van der Waals surface area contributed by atoms with Gasteiger partial charge in [-0.05, 0) is 40.8 Å². The zero-order valence-corrected chi connectivity index (χ0v) is 9.47. The van der Waals surface area contributed by atoms with Crippen LogP contribution in [-0.4, -0.2) is 5.02 Å². The van der Waals surface area contributed by atoms with Crippen molar-refractivity contribution in [2.45, 2.75) is 5.02 Å². The molecule has 5 heteroatoms. The van der Waals surface area contributed by atoms with Crippen LogP contribution in [0.2, 0.25) is 0 Å². The minimum Gasteiger partial charge on any atom is -0.424 e. The summed E-state index contributed by atoms with van der Waals surface area (Å²) in [5.74, 6) is 0.142. The third-order valence-electron chi connectivity index (χ3n) is 1.03. The molecule has 0 aliphatic rings. The molecule has 0 heterocycles. The second-order valence-electron chi connectivity index (χ2n) is 2.01. The van der Waals surface area contributed by atoms with Crippen LogP contribution in [0.3, 0.4) is 0 Å². The van der Waals surface area contributed by atoms with E-state index in [1.54, 1.807) is 12.1 Å². The molecular formula is C7H4BrF2IO. The lowest BCUT2D eigenvalue weighted by atomic mass is 10.3. The van der Waals surface area contributed by atoms with E-state index in [1.165, 1.54) is 12.1 Å². The van der Waals surface area contributed by atoms with Gasteiger partial charge in [0.2, 0.25) is 0 Å². The van der Waals surface area contributed by atoms with E-state index in [2.05, 4.69) is 20.7 Å². The molecule has 0 aromatic heterocycles. The number of halogens is 4. The van der Waals surface area contributed by atoms with Crippen LogP contribution < -0.4 is 4.74 Å². The minimum atomic E-state index is -3.29. The number of benzene rings is 1. The van der Waals surface area contributed by atoms with E-state index in [1.807, 2.05) is 22.6 Å². The maximum Gasteiger partial charge on any atom is 0.459 e. The molecule has 1 rings (SSSR count). The Labute approximate surface area is 90.4 Å². The molecular weight excluding hydrogens is 345 g/mol. The van der Waals surface area contributed by atoms with Gasteiger partial charge in [0.15, 0.2) is 0 Å². The molecule has 0 amide bonds. The van der Waals surface area contributed by atoms with Crippen molar-refractivity contribution in [1.82, 2.24) is 0 Å². The fourth-order valence-electron chi connectivity index (χ4n) is 0.664. The summed E-state index contributed by atoms with van der Waals surface area (Å²) in [6.45, 7) is 0. The van der Waals surface area contributed by atoms with Crippen LogP contribution in [0.25, 0.3) is 0 Å². The standard InChI is InChI=1S/C7H4BrF2IO/c8-7(9,10)12-6-3-1-2-5(11)4-6/h1-4H. The Bertz CT molecular complexity index is 274. The zero-order chi connectivity index (χ0) is 9.19. The van der Waals surface area contributed by atoms with Gasteiger partial charge in [-0.15, -0.1) is 0 Å². The first-order valence-electron chi connectivity index (χ1n) is 2.99. The highest BCUT2D eigenvalue weighted by Gasteiger charge is 2.26. The Hall–Kier alpha value is 0.0900. The van der Waals surface area contributed by atoms with Gasteiger partial charge in [0.05, 0.1) is 0 Å². The molecule has 0 saturated carbocycles. The second kappa shape index (κ2) is 3.87. The van der Waals surface area contributed by atoms with Crippen LogP contribution in [-0.2, 0) is 0 Å². The minimum absolute atomic E-state index is 0.142. The molecule has 0 radical (unpaired) electrons. The normalized spacial score (nSPS) is 11.3.